The summed E-state index contributed by atoms with van der Waals surface area (Å²) in [6.45, 7) is 0. The largest absolute Gasteiger partial charge is 0.497 e. The van der Waals surface area contributed by atoms with Gasteiger partial charge in [0.05, 0.1) is 18.8 Å². The van der Waals surface area contributed by atoms with Crippen LogP contribution in [-0.2, 0) is 0 Å². The standard InChI is InChI=1S/C31H25BrN4O2S/c1-37-24-15-17-26(18-16-24)38-25-13-11-23(12-14-25)36-30(29(34-31(36)39)27-5-2-3-19-33-27)28-6-4-20-35(28)22-9-7-21(32)8-10-22/h2-20,29-30H,1H3,(H,34,39)/t29-,30-/m0/s1. The van der Waals surface area contributed by atoms with Crippen LogP contribution in [0.3, 0.4) is 0 Å². The van der Waals surface area contributed by atoms with E-state index in [0.717, 1.165) is 44.5 Å². The van der Waals surface area contributed by atoms with Crippen molar-refractivity contribution in [3.8, 4) is 22.9 Å². The van der Waals surface area contributed by atoms with Crippen LogP contribution < -0.4 is 19.7 Å². The highest BCUT2D eigenvalue weighted by atomic mass is 79.9. The highest BCUT2D eigenvalue weighted by Gasteiger charge is 2.42. The van der Waals surface area contributed by atoms with Gasteiger partial charge in [-0.15, -0.1) is 0 Å². The zero-order valence-electron chi connectivity index (χ0n) is 21.1. The van der Waals surface area contributed by atoms with Gasteiger partial charge in [-0.3, -0.25) is 4.98 Å². The average Bonchev–Trinajstić information content (AvgIpc) is 3.59. The number of anilines is 1. The quantitative estimate of drug-likeness (QED) is 0.195. The van der Waals surface area contributed by atoms with Crippen LogP contribution in [0.1, 0.15) is 23.5 Å². The minimum absolute atomic E-state index is 0.139. The Balaban J connectivity index is 1.36. The van der Waals surface area contributed by atoms with Gasteiger partial charge in [-0.25, -0.2) is 0 Å². The van der Waals surface area contributed by atoms with Crippen molar-refractivity contribution in [1.29, 1.82) is 0 Å². The van der Waals surface area contributed by atoms with Crippen molar-refractivity contribution in [2.45, 2.75) is 12.1 Å². The zero-order chi connectivity index (χ0) is 26.8. The summed E-state index contributed by atoms with van der Waals surface area (Å²) in [4.78, 5) is 6.84. The van der Waals surface area contributed by atoms with E-state index in [1.807, 2.05) is 85.1 Å². The molecule has 0 saturated carbocycles. The maximum atomic E-state index is 6.06. The van der Waals surface area contributed by atoms with Crippen LogP contribution >= 0.6 is 28.1 Å². The maximum absolute atomic E-state index is 6.06. The SMILES string of the molecule is COc1ccc(Oc2ccc(N3C(=S)N[C@@H](c4ccccn4)[C@@H]3c3cccn3-c3ccc(Br)cc3)cc2)cc1. The molecule has 39 heavy (non-hydrogen) atoms. The van der Waals surface area contributed by atoms with Gasteiger partial charge in [0.2, 0.25) is 0 Å². The van der Waals surface area contributed by atoms with Crippen LogP contribution in [0, 0.1) is 0 Å². The molecule has 1 aliphatic heterocycles. The Morgan fingerprint density at radius 3 is 2.13 bits per heavy atom. The first-order valence-corrected chi connectivity index (χ1v) is 13.7. The first-order chi connectivity index (χ1) is 19.1. The lowest BCUT2D eigenvalue weighted by molar-refractivity contribution is 0.413. The van der Waals surface area contributed by atoms with Crippen LogP contribution in [0.4, 0.5) is 5.69 Å². The predicted molar refractivity (Wildman–Crippen MR) is 161 cm³/mol. The molecule has 0 amide bonds. The van der Waals surface area contributed by atoms with E-state index in [4.69, 9.17) is 21.7 Å². The Kier molecular flexibility index (Phi) is 7.04. The fraction of sp³-hybridized carbons (Fsp3) is 0.0968. The normalized spacial score (nSPS) is 16.7. The van der Waals surface area contributed by atoms with E-state index >= 15 is 0 Å². The third-order valence-electron chi connectivity index (χ3n) is 6.70. The molecular weight excluding hydrogens is 572 g/mol. The number of benzene rings is 3. The number of nitrogens with one attached hydrogen (secondary N) is 1. The lowest BCUT2D eigenvalue weighted by atomic mass is 10.0. The van der Waals surface area contributed by atoms with E-state index in [9.17, 15) is 0 Å². The molecule has 0 radical (unpaired) electrons. The number of ether oxygens (including phenoxy) is 2. The number of hydrogen-bond donors (Lipinski definition) is 1. The second-order valence-corrected chi connectivity index (χ2v) is 10.3. The molecule has 1 N–H and O–H groups in total. The van der Waals surface area contributed by atoms with E-state index in [1.165, 1.54) is 0 Å². The van der Waals surface area contributed by atoms with Gasteiger partial charge in [-0.05, 0) is 109 Å². The molecule has 1 saturated heterocycles. The summed E-state index contributed by atoms with van der Waals surface area (Å²) >= 11 is 9.46. The number of aromatic nitrogens is 2. The van der Waals surface area contributed by atoms with Gasteiger partial charge < -0.3 is 24.3 Å². The molecule has 0 unspecified atom stereocenters. The Labute approximate surface area is 241 Å². The Morgan fingerprint density at radius 2 is 1.46 bits per heavy atom. The van der Waals surface area contributed by atoms with Gasteiger partial charge in [-0.1, -0.05) is 22.0 Å². The summed E-state index contributed by atoms with van der Waals surface area (Å²) in [6.07, 6.45) is 3.90. The van der Waals surface area contributed by atoms with Gasteiger partial charge in [0.1, 0.15) is 23.3 Å². The first-order valence-electron chi connectivity index (χ1n) is 12.5. The Morgan fingerprint density at radius 1 is 0.795 bits per heavy atom. The Hall–Kier alpha value is -4.14. The number of hydrogen-bond acceptors (Lipinski definition) is 4. The minimum atomic E-state index is -0.141. The number of methoxy groups -OCH3 is 1. The molecule has 194 valence electrons. The van der Waals surface area contributed by atoms with E-state index < -0.39 is 0 Å². The summed E-state index contributed by atoms with van der Waals surface area (Å²) in [5.41, 5.74) is 4.05. The van der Waals surface area contributed by atoms with Crippen molar-refractivity contribution >= 4 is 38.9 Å². The maximum Gasteiger partial charge on any atom is 0.174 e. The van der Waals surface area contributed by atoms with Gasteiger partial charge >= 0.3 is 0 Å². The van der Waals surface area contributed by atoms with Crippen molar-refractivity contribution in [3.63, 3.8) is 0 Å². The molecule has 1 fully saturated rings. The van der Waals surface area contributed by atoms with Crippen LogP contribution in [-0.4, -0.2) is 21.8 Å². The summed E-state index contributed by atoms with van der Waals surface area (Å²) in [7, 11) is 1.65. The lowest BCUT2D eigenvalue weighted by Gasteiger charge is -2.29. The lowest BCUT2D eigenvalue weighted by Crippen LogP contribution is -2.30. The molecule has 1 aliphatic rings. The smallest absolute Gasteiger partial charge is 0.174 e. The molecule has 5 aromatic rings. The fourth-order valence-corrected chi connectivity index (χ4v) is 5.47. The third-order valence-corrected chi connectivity index (χ3v) is 7.54. The number of rotatable bonds is 7. The molecule has 0 spiro atoms. The molecule has 6 nitrogen and oxygen atoms in total. The van der Waals surface area contributed by atoms with Crippen LogP contribution in [0.2, 0.25) is 0 Å². The van der Waals surface area contributed by atoms with Crippen LogP contribution in [0.25, 0.3) is 5.69 Å². The molecule has 0 bridgehead atoms. The highest BCUT2D eigenvalue weighted by molar-refractivity contribution is 9.10. The van der Waals surface area contributed by atoms with Crippen LogP contribution in [0.15, 0.2) is 120 Å². The van der Waals surface area contributed by atoms with Gasteiger partial charge in [0.25, 0.3) is 0 Å². The van der Waals surface area contributed by atoms with Gasteiger partial charge in [0, 0.05) is 33.9 Å². The molecule has 0 aliphatic carbocycles. The number of thiocarbonyl (C=S) groups is 1. The fourth-order valence-electron chi connectivity index (χ4n) is 4.86. The molecule has 6 rings (SSSR count). The molecule has 8 heteroatoms. The first kappa shape index (κ1) is 25.2. The number of halogens is 1. The second-order valence-electron chi connectivity index (χ2n) is 9.05. The van der Waals surface area contributed by atoms with Crippen molar-refractivity contribution in [2.24, 2.45) is 0 Å². The molecule has 2 aromatic heterocycles. The monoisotopic (exact) mass is 596 g/mol. The minimum Gasteiger partial charge on any atom is -0.497 e. The highest BCUT2D eigenvalue weighted by Crippen LogP contribution is 2.42. The zero-order valence-corrected chi connectivity index (χ0v) is 23.5. The molecule has 2 atom stereocenters. The summed E-state index contributed by atoms with van der Waals surface area (Å²) in [5, 5.41) is 4.18. The van der Waals surface area contributed by atoms with Gasteiger partial charge in [-0.2, -0.15) is 0 Å². The second kappa shape index (κ2) is 10.9. The van der Waals surface area contributed by atoms with E-state index in [-0.39, 0.29) is 12.1 Å². The third kappa shape index (κ3) is 5.13. The topological polar surface area (TPSA) is 51.6 Å². The van der Waals surface area contributed by atoms with Crippen molar-refractivity contribution in [3.05, 3.63) is 131 Å². The summed E-state index contributed by atoms with van der Waals surface area (Å²) < 4.78 is 14.5. The van der Waals surface area contributed by atoms with Crippen LogP contribution in [0.5, 0.6) is 17.2 Å². The van der Waals surface area contributed by atoms with E-state index in [0.29, 0.717) is 5.11 Å². The van der Waals surface area contributed by atoms with Gasteiger partial charge in [0.15, 0.2) is 5.11 Å². The molecule has 3 heterocycles. The van der Waals surface area contributed by atoms with E-state index in [1.54, 1.807) is 7.11 Å². The van der Waals surface area contributed by atoms with E-state index in [2.05, 4.69) is 66.2 Å². The molecular formula is C31H25BrN4O2S. The number of pyridine rings is 1. The van der Waals surface area contributed by atoms with Crippen molar-refractivity contribution in [1.82, 2.24) is 14.9 Å². The van der Waals surface area contributed by atoms with Crippen molar-refractivity contribution in [2.75, 3.05) is 12.0 Å². The molecule has 3 aromatic carbocycles. The predicted octanol–water partition coefficient (Wildman–Crippen LogP) is 7.61. The average molecular weight is 598 g/mol. The summed E-state index contributed by atoms with van der Waals surface area (Å²) in [5.74, 6) is 2.26. The number of nitrogens with zero attached hydrogens (tertiary/aromatic N) is 3. The summed E-state index contributed by atoms with van der Waals surface area (Å²) in [6, 6.07) is 33.7. The Bertz CT molecular complexity index is 1570. The van der Waals surface area contributed by atoms with Crippen molar-refractivity contribution < 1.29 is 9.47 Å².